The molecule has 0 radical (unpaired) electrons. The van der Waals surface area contributed by atoms with Crippen LogP contribution < -0.4 is 0 Å². The Hall–Kier alpha value is -1.55. The smallest absolute Gasteiger partial charge is 0.185 e. The van der Waals surface area contributed by atoms with Crippen molar-refractivity contribution in [2.45, 2.75) is 13.3 Å². The van der Waals surface area contributed by atoms with Crippen LogP contribution in [-0.2, 0) is 6.42 Å². The van der Waals surface area contributed by atoms with Crippen LogP contribution in [0.1, 0.15) is 21.7 Å². The van der Waals surface area contributed by atoms with Crippen molar-refractivity contribution in [3.05, 3.63) is 63.6 Å². The molecule has 0 unspecified atom stereocenters. The number of aromatic nitrogens is 1. The molecule has 1 aromatic heterocycles. The number of Topliss-reactive ketones (excluding diaryl/α,β-unsaturated/α-hetero) is 1. The molecule has 0 amide bonds. The summed E-state index contributed by atoms with van der Waals surface area (Å²) in [6, 6.07) is 9.59. The quantitative estimate of drug-likeness (QED) is 0.809. The minimum Gasteiger partial charge on any atom is -0.292 e. The Bertz CT molecular complexity index is 598. The summed E-state index contributed by atoms with van der Waals surface area (Å²) in [6.07, 6.45) is 0.134. The fraction of sp³-hybridized carbons (Fsp3) is 0.143. The van der Waals surface area contributed by atoms with E-state index in [-0.39, 0.29) is 18.0 Å². The van der Waals surface area contributed by atoms with Crippen LogP contribution in [0.4, 0.5) is 4.39 Å². The highest BCUT2D eigenvalue weighted by molar-refractivity contribution is 9.10. The van der Waals surface area contributed by atoms with Crippen molar-refractivity contribution in [2.75, 3.05) is 0 Å². The number of aryl methyl sites for hydroxylation is 1. The van der Waals surface area contributed by atoms with Gasteiger partial charge in [-0.25, -0.2) is 4.39 Å². The molecule has 0 fully saturated rings. The molecular weight excluding hydrogens is 297 g/mol. The normalized spacial score (nSPS) is 10.4. The van der Waals surface area contributed by atoms with Crippen LogP contribution in [0.2, 0.25) is 0 Å². The first kappa shape index (κ1) is 12.9. The van der Waals surface area contributed by atoms with E-state index < -0.39 is 0 Å². The Morgan fingerprint density at radius 1 is 1.33 bits per heavy atom. The van der Waals surface area contributed by atoms with Gasteiger partial charge < -0.3 is 0 Å². The summed E-state index contributed by atoms with van der Waals surface area (Å²) in [5.74, 6) is -0.469. The molecule has 0 aliphatic rings. The molecule has 1 aromatic carbocycles. The van der Waals surface area contributed by atoms with Gasteiger partial charge >= 0.3 is 0 Å². The number of carbonyl (C=O) groups excluding carboxylic acids is 1. The second kappa shape index (κ2) is 5.40. The van der Waals surface area contributed by atoms with Gasteiger partial charge in [-0.3, -0.25) is 9.78 Å². The van der Waals surface area contributed by atoms with Crippen molar-refractivity contribution in [3.8, 4) is 0 Å². The monoisotopic (exact) mass is 307 g/mol. The van der Waals surface area contributed by atoms with Crippen LogP contribution in [-0.4, -0.2) is 10.8 Å². The van der Waals surface area contributed by atoms with Crippen LogP contribution in [0.3, 0.4) is 0 Å². The summed E-state index contributed by atoms with van der Waals surface area (Å²) >= 11 is 3.31. The van der Waals surface area contributed by atoms with Gasteiger partial charge in [0.2, 0.25) is 0 Å². The highest BCUT2D eigenvalue weighted by Gasteiger charge is 2.11. The van der Waals surface area contributed by atoms with Gasteiger partial charge in [0.1, 0.15) is 11.5 Å². The number of hydrogen-bond donors (Lipinski definition) is 0. The topological polar surface area (TPSA) is 30.0 Å². The maximum absolute atomic E-state index is 13.1. The molecule has 4 heteroatoms. The standard InChI is InChI=1S/C14H11BrFNO/c1-9-3-2-4-13(17-9)14(18)8-10-7-11(16)5-6-12(10)15/h2-7H,8H2,1H3. The predicted molar refractivity (Wildman–Crippen MR) is 71.1 cm³/mol. The third kappa shape index (κ3) is 3.01. The van der Waals surface area contributed by atoms with E-state index >= 15 is 0 Å². The second-order valence-corrected chi connectivity index (χ2v) is 4.85. The number of carbonyl (C=O) groups is 1. The molecule has 0 atom stereocenters. The fourth-order valence-corrected chi connectivity index (χ4v) is 2.03. The van der Waals surface area contributed by atoms with E-state index in [1.165, 1.54) is 12.1 Å². The molecule has 2 rings (SSSR count). The first-order valence-corrected chi connectivity index (χ1v) is 6.26. The van der Waals surface area contributed by atoms with Crippen molar-refractivity contribution in [1.82, 2.24) is 4.98 Å². The van der Waals surface area contributed by atoms with E-state index in [1.54, 1.807) is 18.2 Å². The van der Waals surface area contributed by atoms with E-state index in [9.17, 15) is 9.18 Å². The highest BCUT2D eigenvalue weighted by Crippen LogP contribution is 2.19. The molecule has 0 N–H and O–H groups in total. The van der Waals surface area contributed by atoms with Crippen LogP contribution in [0.25, 0.3) is 0 Å². The van der Waals surface area contributed by atoms with Crippen LogP contribution in [0.15, 0.2) is 40.9 Å². The zero-order valence-corrected chi connectivity index (χ0v) is 11.4. The molecule has 0 saturated heterocycles. The number of benzene rings is 1. The van der Waals surface area contributed by atoms with Gasteiger partial charge in [-0.05, 0) is 42.8 Å². The molecule has 2 nitrogen and oxygen atoms in total. The molecule has 0 aliphatic carbocycles. The Morgan fingerprint density at radius 2 is 2.11 bits per heavy atom. The maximum atomic E-state index is 13.1. The highest BCUT2D eigenvalue weighted by atomic mass is 79.9. The SMILES string of the molecule is Cc1cccc(C(=O)Cc2cc(F)ccc2Br)n1. The minimum absolute atomic E-state index is 0.120. The number of rotatable bonds is 3. The van der Waals surface area contributed by atoms with E-state index in [1.807, 2.05) is 13.0 Å². The zero-order chi connectivity index (χ0) is 13.1. The van der Waals surface area contributed by atoms with Crippen molar-refractivity contribution < 1.29 is 9.18 Å². The lowest BCUT2D eigenvalue weighted by Gasteiger charge is -2.04. The molecule has 0 spiro atoms. The first-order valence-electron chi connectivity index (χ1n) is 5.47. The summed E-state index contributed by atoms with van der Waals surface area (Å²) in [5, 5.41) is 0. The Balaban J connectivity index is 2.24. The van der Waals surface area contributed by atoms with Crippen LogP contribution in [0.5, 0.6) is 0 Å². The molecule has 18 heavy (non-hydrogen) atoms. The average molecular weight is 308 g/mol. The summed E-state index contributed by atoms with van der Waals surface area (Å²) in [7, 11) is 0. The van der Waals surface area contributed by atoms with Gasteiger partial charge in [0.15, 0.2) is 5.78 Å². The lowest BCUT2D eigenvalue weighted by molar-refractivity contribution is 0.0988. The number of nitrogens with zero attached hydrogens (tertiary/aromatic N) is 1. The Labute approximate surface area is 113 Å². The minimum atomic E-state index is -0.349. The number of halogens is 2. The summed E-state index contributed by atoms with van der Waals surface area (Å²) in [5.41, 5.74) is 1.83. The summed E-state index contributed by atoms with van der Waals surface area (Å²) < 4.78 is 13.8. The van der Waals surface area contributed by atoms with Gasteiger partial charge in [-0.15, -0.1) is 0 Å². The summed E-state index contributed by atoms with van der Waals surface area (Å²) in [6.45, 7) is 1.83. The molecule has 1 heterocycles. The largest absolute Gasteiger partial charge is 0.292 e. The molecule has 0 aliphatic heterocycles. The third-order valence-corrected chi connectivity index (χ3v) is 3.31. The average Bonchev–Trinajstić information content (AvgIpc) is 2.34. The molecule has 92 valence electrons. The van der Waals surface area contributed by atoms with E-state index in [0.717, 1.165) is 10.2 Å². The number of hydrogen-bond acceptors (Lipinski definition) is 2. The van der Waals surface area contributed by atoms with Gasteiger partial charge in [-0.2, -0.15) is 0 Å². The van der Waals surface area contributed by atoms with Crippen molar-refractivity contribution >= 4 is 21.7 Å². The van der Waals surface area contributed by atoms with Crippen molar-refractivity contribution in [2.24, 2.45) is 0 Å². The van der Waals surface area contributed by atoms with Crippen LogP contribution in [0, 0.1) is 12.7 Å². The lowest BCUT2D eigenvalue weighted by atomic mass is 10.1. The molecular formula is C14H11BrFNO. The summed E-state index contributed by atoms with van der Waals surface area (Å²) in [4.78, 5) is 16.2. The molecule has 2 aromatic rings. The van der Waals surface area contributed by atoms with E-state index in [4.69, 9.17) is 0 Å². The van der Waals surface area contributed by atoms with Gasteiger partial charge in [0.05, 0.1) is 0 Å². The fourth-order valence-electron chi connectivity index (χ4n) is 1.64. The maximum Gasteiger partial charge on any atom is 0.185 e. The second-order valence-electron chi connectivity index (χ2n) is 4.00. The van der Waals surface area contributed by atoms with Gasteiger partial charge in [-0.1, -0.05) is 22.0 Å². The Kier molecular flexibility index (Phi) is 3.87. The first-order chi connectivity index (χ1) is 8.56. The van der Waals surface area contributed by atoms with Gasteiger partial charge in [0.25, 0.3) is 0 Å². The lowest BCUT2D eigenvalue weighted by Crippen LogP contribution is -2.07. The van der Waals surface area contributed by atoms with Crippen molar-refractivity contribution in [3.63, 3.8) is 0 Å². The predicted octanol–water partition coefficient (Wildman–Crippen LogP) is 3.72. The zero-order valence-electron chi connectivity index (χ0n) is 9.78. The third-order valence-electron chi connectivity index (χ3n) is 2.53. The molecule has 0 bridgehead atoms. The number of ketones is 1. The van der Waals surface area contributed by atoms with E-state index in [0.29, 0.717) is 11.3 Å². The van der Waals surface area contributed by atoms with Crippen molar-refractivity contribution in [1.29, 1.82) is 0 Å². The number of pyridine rings is 1. The van der Waals surface area contributed by atoms with E-state index in [2.05, 4.69) is 20.9 Å². The Morgan fingerprint density at radius 3 is 2.83 bits per heavy atom. The van der Waals surface area contributed by atoms with Crippen LogP contribution >= 0.6 is 15.9 Å². The van der Waals surface area contributed by atoms with Gasteiger partial charge in [0, 0.05) is 16.6 Å². The molecule has 0 saturated carbocycles.